The zero-order chi connectivity index (χ0) is 31.7. The van der Waals surface area contributed by atoms with Crippen LogP contribution in [-0.4, -0.2) is 56.1 Å². The molecule has 3 amide bonds. The predicted octanol–water partition coefficient (Wildman–Crippen LogP) is 5.25. The fourth-order valence-electron chi connectivity index (χ4n) is 4.88. The van der Waals surface area contributed by atoms with E-state index in [9.17, 15) is 19.5 Å². The number of aromatic amines is 1. The van der Waals surface area contributed by atoms with Crippen LogP contribution in [0.4, 0.5) is 4.79 Å². The first kappa shape index (κ1) is 32.2. The summed E-state index contributed by atoms with van der Waals surface area (Å²) in [5.41, 5.74) is 1.48. The largest absolute Gasteiger partial charge is 0.444 e. The van der Waals surface area contributed by atoms with Gasteiger partial charge in [0, 0.05) is 31.1 Å². The number of aliphatic hydroxyl groups is 1. The average molecular weight is 600 g/mol. The molecule has 3 aromatic carbocycles. The fraction of sp³-hybridized carbons (Fsp3) is 0.353. The first-order valence-electron chi connectivity index (χ1n) is 14.8. The second-order valence-corrected chi connectivity index (χ2v) is 11.8. The summed E-state index contributed by atoms with van der Waals surface area (Å²) < 4.78 is 5.58. The van der Waals surface area contributed by atoms with Crippen LogP contribution in [0.25, 0.3) is 10.8 Å². The van der Waals surface area contributed by atoms with E-state index in [4.69, 9.17) is 4.74 Å². The first-order chi connectivity index (χ1) is 21.0. The molecule has 0 spiro atoms. The highest BCUT2D eigenvalue weighted by molar-refractivity contribution is 5.97. The van der Waals surface area contributed by atoms with Crippen LogP contribution >= 0.6 is 0 Å². The molecule has 0 saturated carbocycles. The van der Waals surface area contributed by atoms with Gasteiger partial charge in [0.05, 0.1) is 12.6 Å². The van der Waals surface area contributed by atoms with Crippen LogP contribution in [0.3, 0.4) is 0 Å². The summed E-state index contributed by atoms with van der Waals surface area (Å²) in [6, 6.07) is 19.7. The van der Waals surface area contributed by atoms with Crippen molar-refractivity contribution in [3.8, 4) is 0 Å². The van der Waals surface area contributed by atoms with Crippen molar-refractivity contribution in [2.45, 2.75) is 71.3 Å². The number of rotatable bonds is 12. The number of carbonyl (C=O) groups is 3. The number of carbonyl (C=O) groups excluding carboxylic acids is 3. The smallest absolute Gasteiger partial charge is 0.410 e. The molecule has 0 aliphatic rings. The molecule has 0 unspecified atom stereocenters. The van der Waals surface area contributed by atoms with Gasteiger partial charge in [0.25, 0.3) is 5.91 Å². The van der Waals surface area contributed by atoms with Gasteiger partial charge in [0.15, 0.2) is 0 Å². The Balaban J connectivity index is 1.42. The molecule has 0 fully saturated rings. The maximum Gasteiger partial charge on any atom is 0.410 e. The third-order valence-corrected chi connectivity index (χ3v) is 7.06. The molecular formula is C34H41N5O5. The molecule has 232 valence electrons. The molecule has 10 heteroatoms. The Morgan fingerprint density at radius 3 is 2.39 bits per heavy atom. The lowest BCUT2D eigenvalue weighted by molar-refractivity contribution is -0.123. The minimum Gasteiger partial charge on any atom is -0.444 e. The van der Waals surface area contributed by atoms with Crippen LogP contribution < -0.4 is 10.6 Å². The highest BCUT2D eigenvalue weighted by atomic mass is 16.6. The van der Waals surface area contributed by atoms with E-state index in [0.29, 0.717) is 17.8 Å². The van der Waals surface area contributed by atoms with Crippen molar-refractivity contribution in [3.63, 3.8) is 0 Å². The number of imidazole rings is 1. The lowest BCUT2D eigenvalue weighted by atomic mass is 9.99. The van der Waals surface area contributed by atoms with Crippen LogP contribution in [0.1, 0.15) is 73.9 Å². The molecule has 4 N–H and O–H groups in total. The van der Waals surface area contributed by atoms with Gasteiger partial charge in [-0.25, -0.2) is 9.78 Å². The monoisotopic (exact) mass is 599 g/mol. The van der Waals surface area contributed by atoms with Gasteiger partial charge in [-0.1, -0.05) is 54.6 Å². The van der Waals surface area contributed by atoms with E-state index in [2.05, 4.69) is 20.6 Å². The fourth-order valence-corrected chi connectivity index (χ4v) is 4.88. The van der Waals surface area contributed by atoms with Crippen LogP contribution in [0.15, 0.2) is 79.1 Å². The molecule has 0 saturated heterocycles. The highest BCUT2D eigenvalue weighted by Crippen LogP contribution is 2.24. The Morgan fingerprint density at radius 2 is 1.70 bits per heavy atom. The Morgan fingerprint density at radius 1 is 0.977 bits per heavy atom. The Hall–Kier alpha value is -4.70. The van der Waals surface area contributed by atoms with Crippen molar-refractivity contribution in [2.75, 3.05) is 6.61 Å². The summed E-state index contributed by atoms with van der Waals surface area (Å²) in [5.74, 6) is -0.115. The van der Waals surface area contributed by atoms with Gasteiger partial charge in [-0.3, -0.25) is 14.5 Å². The number of H-pyrrole nitrogens is 1. The van der Waals surface area contributed by atoms with Crippen molar-refractivity contribution < 1.29 is 24.2 Å². The molecule has 44 heavy (non-hydrogen) atoms. The summed E-state index contributed by atoms with van der Waals surface area (Å²) in [6.45, 7) is 7.70. The van der Waals surface area contributed by atoms with E-state index >= 15 is 0 Å². The van der Waals surface area contributed by atoms with Crippen LogP contribution in [0.2, 0.25) is 0 Å². The predicted molar refractivity (Wildman–Crippen MR) is 169 cm³/mol. The molecule has 1 aromatic heterocycles. The first-order valence-corrected chi connectivity index (χ1v) is 14.8. The molecule has 1 heterocycles. The molecule has 10 nitrogen and oxygen atoms in total. The molecule has 0 bridgehead atoms. The van der Waals surface area contributed by atoms with Crippen LogP contribution in [0.5, 0.6) is 0 Å². The number of amides is 3. The molecule has 0 aliphatic carbocycles. The molecule has 0 aliphatic heterocycles. The topological polar surface area (TPSA) is 137 Å². The van der Waals surface area contributed by atoms with Crippen molar-refractivity contribution in [2.24, 2.45) is 0 Å². The van der Waals surface area contributed by atoms with Gasteiger partial charge in [-0.15, -0.1) is 0 Å². The maximum absolute atomic E-state index is 13.3. The SMILES string of the molecule is C[C@H](NC(=O)[C@H](CCCO)NC(=O)c1ccc(CN(Cc2ncc[nH]2)C(=O)OC(C)(C)C)cc1)c1cccc2ccccc12. The van der Waals surface area contributed by atoms with E-state index in [-0.39, 0.29) is 38.1 Å². The number of benzene rings is 3. The van der Waals surface area contributed by atoms with Crippen molar-refractivity contribution in [1.82, 2.24) is 25.5 Å². The Labute approximate surface area is 257 Å². The molecule has 2 atom stereocenters. The van der Waals surface area contributed by atoms with Gasteiger partial charge in [-0.05, 0) is 74.6 Å². The molecule has 0 radical (unpaired) electrons. The standard InChI is InChI=1S/C34H41N5O5/c1-23(27-12-7-10-25-9-5-6-11-28(25)27)37-32(42)29(13-8-20-40)38-31(41)26-16-14-24(15-17-26)21-39(22-30-35-18-19-36-30)33(43)44-34(2,3)4/h5-7,9-12,14-19,23,29,40H,8,13,20-22H2,1-4H3,(H,35,36)(H,37,42)(H,38,41)/t23-,29-/m0/s1. The number of ether oxygens (including phenoxy) is 1. The number of nitrogens with one attached hydrogen (secondary N) is 3. The second kappa shape index (κ2) is 14.7. The minimum absolute atomic E-state index is 0.0978. The third kappa shape index (κ3) is 8.90. The summed E-state index contributed by atoms with van der Waals surface area (Å²) in [5, 5.41) is 17.4. The van der Waals surface area contributed by atoms with E-state index in [1.807, 2.05) is 70.2 Å². The number of aliphatic hydroxyl groups excluding tert-OH is 1. The normalized spacial score (nSPS) is 12.8. The Kier molecular flexibility index (Phi) is 10.7. The minimum atomic E-state index is -0.831. The number of fused-ring (bicyclic) bond motifs is 1. The number of hydrogen-bond donors (Lipinski definition) is 4. The van der Waals surface area contributed by atoms with Crippen LogP contribution in [-0.2, 0) is 22.6 Å². The zero-order valence-corrected chi connectivity index (χ0v) is 25.7. The summed E-state index contributed by atoms with van der Waals surface area (Å²) >= 11 is 0. The summed E-state index contributed by atoms with van der Waals surface area (Å²) in [6.07, 6.45) is 3.47. The van der Waals surface area contributed by atoms with Gasteiger partial charge < -0.3 is 25.5 Å². The van der Waals surface area contributed by atoms with Crippen molar-refractivity contribution in [3.05, 3.63) is 102 Å². The number of aromatic nitrogens is 2. The maximum atomic E-state index is 13.3. The molecular weight excluding hydrogens is 558 g/mol. The molecule has 4 rings (SSSR count). The number of hydrogen-bond acceptors (Lipinski definition) is 6. The van der Waals surface area contributed by atoms with Gasteiger partial charge in [-0.2, -0.15) is 0 Å². The zero-order valence-electron chi connectivity index (χ0n) is 25.7. The third-order valence-electron chi connectivity index (χ3n) is 7.06. The Bertz CT molecular complexity index is 1540. The van der Waals surface area contributed by atoms with Crippen molar-refractivity contribution in [1.29, 1.82) is 0 Å². The highest BCUT2D eigenvalue weighted by Gasteiger charge is 2.25. The summed E-state index contributed by atoms with van der Waals surface area (Å²) in [7, 11) is 0. The second-order valence-electron chi connectivity index (χ2n) is 11.8. The average Bonchev–Trinajstić information content (AvgIpc) is 3.51. The van der Waals surface area contributed by atoms with E-state index in [1.54, 1.807) is 36.7 Å². The van der Waals surface area contributed by atoms with E-state index < -0.39 is 23.6 Å². The molecule has 4 aromatic rings. The lowest BCUT2D eigenvalue weighted by Gasteiger charge is -2.27. The van der Waals surface area contributed by atoms with Gasteiger partial charge in [0.2, 0.25) is 5.91 Å². The van der Waals surface area contributed by atoms with Crippen molar-refractivity contribution >= 4 is 28.7 Å². The van der Waals surface area contributed by atoms with E-state index in [1.165, 1.54) is 4.90 Å². The van der Waals surface area contributed by atoms with Crippen LogP contribution in [0, 0.1) is 0 Å². The quantitative estimate of drug-likeness (QED) is 0.176. The number of nitrogens with zero attached hydrogens (tertiary/aromatic N) is 2. The van der Waals surface area contributed by atoms with E-state index in [0.717, 1.165) is 21.9 Å². The summed E-state index contributed by atoms with van der Waals surface area (Å²) in [4.78, 5) is 48.2. The van der Waals surface area contributed by atoms with Gasteiger partial charge in [0.1, 0.15) is 17.5 Å². The lowest BCUT2D eigenvalue weighted by Crippen LogP contribution is -2.47. The van der Waals surface area contributed by atoms with Gasteiger partial charge >= 0.3 is 6.09 Å².